The van der Waals surface area contributed by atoms with Gasteiger partial charge in [-0.05, 0) is 10.8 Å². The Hall–Kier alpha value is -0.860. The van der Waals surface area contributed by atoms with Crippen molar-refractivity contribution in [2.24, 2.45) is 22.7 Å². The van der Waals surface area contributed by atoms with Crippen LogP contribution in [0, 0.1) is 22.7 Å². The van der Waals surface area contributed by atoms with Crippen LogP contribution in [0.25, 0.3) is 0 Å². The Bertz CT molecular complexity index is 296. The summed E-state index contributed by atoms with van der Waals surface area (Å²) in [5, 5.41) is 0. The first-order valence-electron chi connectivity index (χ1n) is 6.43. The largest absolute Gasteiger partial charge is 0.393 e. The van der Waals surface area contributed by atoms with Gasteiger partial charge in [0.2, 0.25) is 0 Å². The van der Waals surface area contributed by atoms with Gasteiger partial charge in [-0.25, -0.2) is 0 Å². The Balaban J connectivity index is 3.17. The van der Waals surface area contributed by atoms with E-state index in [9.17, 15) is 9.59 Å². The van der Waals surface area contributed by atoms with E-state index < -0.39 is 0 Å². The average molecular weight is 240 g/mol. The second kappa shape index (κ2) is 4.43. The zero-order chi connectivity index (χ0) is 13.4. The van der Waals surface area contributed by atoms with Gasteiger partial charge in [0.05, 0.1) is 11.8 Å². The van der Waals surface area contributed by atoms with Gasteiger partial charge in [-0.15, -0.1) is 0 Å². The quantitative estimate of drug-likeness (QED) is 0.560. The zero-order valence-electron chi connectivity index (χ0n) is 11.8. The highest BCUT2D eigenvalue weighted by Gasteiger charge is 2.56. The van der Waals surface area contributed by atoms with Crippen LogP contribution in [0.3, 0.4) is 0 Å². The molecule has 0 aromatic heterocycles. The fourth-order valence-electron chi connectivity index (χ4n) is 2.48. The molecule has 0 bridgehead atoms. The van der Waals surface area contributed by atoms with E-state index in [0.29, 0.717) is 0 Å². The minimum atomic E-state index is -0.339. The van der Waals surface area contributed by atoms with E-state index >= 15 is 0 Å². The van der Waals surface area contributed by atoms with Crippen LogP contribution in [-0.4, -0.2) is 11.9 Å². The first-order valence-corrected chi connectivity index (χ1v) is 6.43. The highest BCUT2D eigenvalue weighted by Crippen LogP contribution is 2.49. The molecule has 3 nitrogen and oxygen atoms in total. The van der Waals surface area contributed by atoms with Gasteiger partial charge < -0.3 is 4.74 Å². The molecule has 2 atom stereocenters. The molecule has 98 valence electrons. The van der Waals surface area contributed by atoms with E-state index in [-0.39, 0.29) is 34.6 Å². The predicted octanol–water partition coefficient (Wildman–Crippen LogP) is 3.17. The maximum atomic E-state index is 11.9. The molecule has 2 unspecified atom stereocenters. The first kappa shape index (κ1) is 14.2. The third kappa shape index (κ3) is 2.38. The maximum Gasteiger partial charge on any atom is 0.318 e. The van der Waals surface area contributed by atoms with Crippen molar-refractivity contribution >= 4 is 11.9 Å². The zero-order valence-corrected chi connectivity index (χ0v) is 11.8. The molecule has 1 heterocycles. The Labute approximate surface area is 104 Å². The molecule has 0 aliphatic carbocycles. The van der Waals surface area contributed by atoms with Crippen molar-refractivity contribution in [3.63, 3.8) is 0 Å². The van der Waals surface area contributed by atoms with Gasteiger partial charge in [0.25, 0.3) is 0 Å². The molecule has 0 spiro atoms. The van der Waals surface area contributed by atoms with Crippen LogP contribution in [0.5, 0.6) is 0 Å². The molecule has 0 aromatic carbocycles. The number of esters is 2. The molecular formula is C14H24O3. The fraction of sp³-hybridized carbons (Fsp3) is 0.857. The molecule has 0 radical (unpaired) electrons. The molecule has 0 N–H and O–H groups in total. The number of hydrogen-bond donors (Lipinski definition) is 0. The minimum Gasteiger partial charge on any atom is -0.393 e. The van der Waals surface area contributed by atoms with E-state index in [1.165, 1.54) is 0 Å². The lowest BCUT2D eigenvalue weighted by molar-refractivity contribution is -0.155. The van der Waals surface area contributed by atoms with Crippen molar-refractivity contribution in [3.05, 3.63) is 0 Å². The van der Waals surface area contributed by atoms with Crippen molar-refractivity contribution in [1.82, 2.24) is 0 Å². The number of carbonyl (C=O) groups is 2. The molecule has 1 saturated heterocycles. The summed E-state index contributed by atoms with van der Waals surface area (Å²) in [5.41, 5.74) is -0.388. The smallest absolute Gasteiger partial charge is 0.318 e. The van der Waals surface area contributed by atoms with Crippen LogP contribution in [0.15, 0.2) is 0 Å². The third-order valence-electron chi connectivity index (χ3n) is 4.55. The molecule has 0 aromatic rings. The highest BCUT2D eigenvalue weighted by molar-refractivity contribution is 5.97. The monoisotopic (exact) mass is 240 g/mol. The Morgan fingerprint density at radius 2 is 1.18 bits per heavy atom. The summed E-state index contributed by atoms with van der Waals surface area (Å²) < 4.78 is 4.88. The SMILES string of the molecule is CCC(C)(C)C1C(=O)OC(=O)C1C(C)(C)CC. The maximum absolute atomic E-state index is 11.9. The summed E-state index contributed by atoms with van der Waals surface area (Å²) in [6.07, 6.45) is 1.71. The van der Waals surface area contributed by atoms with E-state index in [1.54, 1.807) is 0 Å². The van der Waals surface area contributed by atoms with Gasteiger partial charge in [0.15, 0.2) is 0 Å². The van der Waals surface area contributed by atoms with Gasteiger partial charge >= 0.3 is 11.9 Å². The van der Waals surface area contributed by atoms with Crippen molar-refractivity contribution in [3.8, 4) is 0 Å². The number of cyclic esters (lactones) is 2. The van der Waals surface area contributed by atoms with Gasteiger partial charge in [0.1, 0.15) is 0 Å². The van der Waals surface area contributed by atoms with Crippen LogP contribution in [0.1, 0.15) is 54.4 Å². The second-order valence-electron chi connectivity index (χ2n) is 6.38. The lowest BCUT2D eigenvalue weighted by Crippen LogP contribution is -2.40. The standard InChI is InChI=1S/C14H24O3/c1-7-13(3,4)9-10(14(5,6)8-2)12(16)17-11(9)15/h9-10H,7-8H2,1-6H3. The molecule has 1 aliphatic rings. The van der Waals surface area contributed by atoms with Crippen LogP contribution >= 0.6 is 0 Å². The number of hydrogen-bond acceptors (Lipinski definition) is 3. The van der Waals surface area contributed by atoms with Crippen molar-refractivity contribution in [2.45, 2.75) is 54.4 Å². The fourth-order valence-corrected chi connectivity index (χ4v) is 2.48. The summed E-state index contributed by atoms with van der Waals surface area (Å²) >= 11 is 0. The highest BCUT2D eigenvalue weighted by atomic mass is 16.6. The molecule has 1 fully saturated rings. The predicted molar refractivity (Wildman–Crippen MR) is 66.2 cm³/mol. The third-order valence-corrected chi connectivity index (χ3v) is 4.55. The van der Waals surface area contributed by atoms with Crippen LogP contribution in [-0.2, 0) is 14.3 Å². The topological polar surface area (TPSA) is 43.4 Å². The molecule has 3 heteroatoms. The normalized spacial score (nSPS) is 26.2. The van der Waals surface area contributed by atoms with Crippen molar-refractivity contribution in [1.29, 1.82) is 0 Å². The second-order valence-corrected chi connectivity index (χ2v) is 6.38. The van der Waals surface area contributed by atoms with Crippen molar-refractivity contribution in [2.75, 3.05) is 0 Å². The van der Waals surface area contributed by atoms with Crippen molar-refractivity contribution < 1.29 is 14.3 Å². The summed E-state index contributed by atoms with van der Waals surface area (Å²) in [6.45, 7) is 12.2. The molecule has 1 rings (SSSR count). The summed E-state index contributed by atoms with van der Waals surface area (Å²) in [6, 6.07) is 0. The number of ether oxygens (including phenoxy) is 1. The summed E-state index contributed by atoms with van der Waals surface area (Å²) in [7, 11) is 0. The summed E-state index contributed by atoms with van der Waals surface area (Å²) in [4.78, 5) is 23.8. The van der Waals surface area contributed by atoms with E-state index in [4.69, 9.17) is 4.74 Å². The Kier molecular flexibility index (Phi) is 3.70. The molecule has 17 heavy (non-hydrogen) atoms. The van der Waals surface area contributed by atoms with Gasteiger partial charge in [0, 0.05) is 0 Å². The van der Waals surface area contributed by atoms with Gasteiger partial charge in [-0.3, -0.25) is 9.59 Å². The van der Waals surface area contributed by atoms with E-state index in [1.807, 2.05) is 41.5 Å². The first-order chi connectivity index (χ1) is 7.67. The average Bonchev–Trinajstić information content (AvgIpc) is 2.54. The van der Waals surface area contributed by atoms with E-state index in [0.717, 1.165) is 12.8 Å². The van der Waals surface area contributed by atoms with Crippen LogP contribution < -0.4 is 0 Å². The molecule has 0 saturated carbocycles. The minimum absolute atomic E-state index is 0.194. The summed E-state index contributed by atoms with van der Waals surface area (Å²) in [5.74, 6) is -1.30. The van der Waals surface area contributed by atoms with Gasteiger partial charge in [-0.2, -0.15) is 0 Å². The lowest BCUT2D eigenvalue weighted by atomic mass is 9.62. The molecular weight excluding hydrogens is 216 g/mol. The molecule has 1 aliphatic heterocycles. The van der Waals surface area contributed by atoms with Crippen LogP contribution in [0.2, 0.25) is 0 Å². The van der Waals surface area contributed by atoms with E-state index in [2.05, 4.69) is 0 Å². The number of carbonyl (C=O) groups excluding carboxylic acids is 2. The molecule has 0 amide bonds. The van der Waals surface area contributed by atoms with Gasteiger partial charge in [-0.1, -0.05) is 54.4 Å². The number of rotatable bonds is 4. The Morgan fingerprint density at radius 1 is 0.882 bits per heavy atom. The Morgan fingerprint density at radius 3 is 1.41 bits per heavy atom. The lowest BCUT2D eigenvalue weighted by Gasteiger charge is -2.37. The van der Waals surface area contributed by atoms with Crippen LogP contribution in [0.4, 0.5) is 0 Å².